The third-order valence-corrected chi connectivity index (χ3v) is 9.61. The number of allylic oxidation sites excluding steroid dienone is 1. The van der Waals surface area contributed by atoms with Crippen LogP contribution >= 0.6 is 0 Å². The average molecular weight is 607 g/mol. The first-order valence-corrected chi connectivity index (χ1v) is 15.0. The first-order valence-electron chi connectivity index (χ1n) is 15.0. The number of rotatable bonds is 6. The highest BCUT2D eigenvalue weighted by Crippen LogP contribution is 2.60. The van der Waals surface area contributed by atoms with Gasteiger partial charge < -0.3 is 18.9 Å². The Labute approximate surface area is 258 Å². The fourth-order valence-corrected chi connectivity index (χ4v) is 7.65. The van der Waals surface area contributed by atoms with Gasteiger partial charge in [-0.05, 0) is 53.5 Å². The fourth-order valence-electron chi connectivity index (χ4n) is 7.65. The molecular formula is C35H42O9. The SMILES string of the molecule is C=C1C2[C@H](OC(C)=O)[C@@H]3CC(=O)C(C)=C([C@@H](OC(C)=O)[C@H](OC(C)=O)[C@]2(C)CC[C@@H]1OC(=O)/C=C/c1ccccc1)C3(C)C. The van der Waals surface area contributed by atoms with Crippen LogP contribution in [0.25, 0.3) is 6.08 Å². The van der Waals surface area contributed by atoms with Crippen LogP contribution in [-0.2, 0) is 42.9 Å². The van der Waals surface area contributed by atoms with E-state index in [2.05, 4.69) is 6.58 Å². The Balaban J connectivity index is 1.86. The van der Waals surface area contributed by atoms with Crippen LogP contribution < -0.4 is 0 Å². The van der Waals surface area contributed by atoms with Gasteiger partial charge in [-0.25, -0.2) is 4.79 Å². The lowest BCUT2D eigenvalue weighted by Gasteiger charge is -2.59. The molecule has 0 N–H and O–H groups in total. The van der Waals surface area contributed by atoms with Crippen LogP contribution in [0.5, 0.6) is 0 Å². The Hall–Kier alpha value is -4.01. The van der Waals surface area contributed by atoms with Gasteiger partial charge in [0.2, 0.25) is 0 Å². The summed E-state index contributed by atoms with van der Waals surface area (Å²) < 4.78 is 24.0. The van der Waals surface area contributed by atoms with Crippen molar-refractivity contribution in [3.8, 4) is 0 Å². The van der Waals surface area contributed by atoms with E-state index in [9.17, 15) is 24.0 Å². The maximum absolute atomic E-state index is 13.5. The van der Waals surface area contributed by atoms with Crippen LogP contribution in [0.2, 0.25) is 0 Å². The van der Waals surface area contributed by atoms with Gasteiger partial charge in [-0.2, -0.15) is 0 Å². The molecule has 4 rings (SSSR count). The number of carbonyl (C=O) groups excluding carboxylic acids is 5. The number of benzene rings is 1. The Kier molecular flexibility index (Phi) is 9.37. The van der Waals surface area contributed by atoms with Crippen molar-refractivity contribution in [1.29, 1.82) is 0 Å². The summed E-state index contributed by atoms with van der Waals surface area (Å²) >= 11 is 0. The van der Waals surface area contributed by atoms with Crippen molar-refractivity contribution in [1.82, 2.24) is 0 Å². The average Bonchev–Trinajstić information content (AvgIpc) is 2.93. The highest BCUT2D eigenvalue weighted by atomic mass is 16.6. The minimum absolute atomic E-state index is 0.0788. The molecule has 0 radical (unpaired) electrons. The summed E-state index contributed by atoms with van der Waals surface area (Å²) in [4.78, 5) is 64.4. The second-order valence-corrected chi connectivity index (χ2v) is 12.9. The van der Waals surface area contributed by atoms with Crippen LogP contribution in [0, 0.1) is 22.7 Å². The highest BCUT2D eigenvalue weighted by Gasteiger charge is 2.64. The molecule has 236 valence electrons. The molecule has 7 atom stereocenters. The van der Waals surface area contributed by atoms with E-state index >= 15 is 0 Å². The molecule has 9 nitrogen and oxygen atoms in total. The zero-order valence-electron chi connectivity index (χ0n) is 26.5. The molecule has 1 unspecified atom stereocenters. The number of ether oxygens (including phenoxy) is 4. The summed E-state index contributed by atoms with van der Waals surface area (Å²) in [5.41, 5.74) is 0.459. The zero-order chi connectivity index (χ0) is 32.6. The molecule has 2 fully saturated rings. The van der Waals surface area contributed by atoms with E-state index < -0.39 is 71.0 Å². The van der Waals surface area contributed by atoms with Gasteiger partial charge >= 0.3 is 23.9 Å². The largest absolute Gasteiger partial charge is 0.462 e. The Morgan fingerprint density at radius 1 is 0.909 bits per heavy atom. The summed E-state index contributed by atoms with van der Waals surface area (Å²) in [6.07, 6.45) is -0.0137. The number of Topliss-reactive ketones (excluding diaryl/α,β-unsaturated/α-hetero) is 1. The second-order valence-electron chi connectivity index (χ2n) is 12.9. The lowest BCUT2D eigenvalue weighted by Crippen LogP contribution is -2.64. The number of esters is 4. The maximum Gasteiger partial charge on any atom is 0.331 e. The molecule has 1 aromatic rings. The Bertz CT molecular complexity index is 1420. The van der Waals surface area contributed by atoms with Gasteiger partial charge in [0.05, 0.1) is 0 Å². The lowest BCUT2D eigenvalue weighted by molar-refractivity contribution is -0.202. The quantitative estimate of drug-likeness (QED) is 0.183. The van der Waals surface area contributed by atoms with Crippen molar-refractivity contribution in [3.63, 3.8) is 0 Å². The van der Waals surface area contributed by atoms with Crippen molar-refractivity contribution in [2.75, 3.05) is 0 Å². The van der Waals surface area contributed by atoms with Crippen LogP contribution in [0.15, 0.2) is 59.7 Å². The number of carbonyl (C=O) groups is 5. The number of hydrogen-bond donors (Lipinski definition) is 0. The normalized spacial score (nSPS) is 31.3. The summed E-state index contributed by atoms with van der Waals surface area (Å²) in [6, 6.07) is 9.32. The molecule has 0 aromatic heterocycles. The van der Waals surface area contributed by atoms with Gasteiger partial charge in [-0.15, -0.1) is 0 Å². The molecule has 2 saturated carbocycles. The molecule has 0 heterocycles. The molecule has 0 amide bonds. The third kappa shape index (κ3) is 6.28. The van der Waals surface area contributed by atoms with Gasteiger partial charge in [0, 0.05) is 50.5 Å². The van der Waals surface area contributed by atoms with Crippen molar-refractivity contribution in [3.05, 3.63) is 65.3 Å². The van der Waals surface area contributed by atoms with Crippen LogP contribution in [0.4, 0.5) is 0 Å². The molecule has 44 heavy (non-hydrogen) atoms. The van der Waals surface area contributed by atoms with E-state index in [1.54, 1.807) is 13.0 Å². The predicted molar refractivity (Wildman–Crippen MR) is 162 cm³/mol. The van der Waals surface area contributed by atoms with Gasteiger partial charge in [0.15, 0.2) is 11.9 Å². The van der Waals surface area contributed by atoms with E-state index in [1.165, 1.54) is 26.8 Å². The second kappa shape index (κ2) is 12.5. The van der Waals surface area contributed by atoms with Crippen LogP contribution in [0.1, 0.15) is 73.3 Å². The predicted octanol–water partition coefficient (Wildman–Crippen LogP) is 5.32. The van der Waals surface area contributed by atoms with E-state index in [0.29, 0.717) is 29.6 Å². The molecule has 3 aliphatic rings. The maximum atomic E-state index is 13.5. The van der Waals surface area contributed by atoms with Gasteiger partial charge in [0.25, 0.3) is 0 Å². The molecule has 3 aliphatic carbocycles. The lowest BCUT2D eigenvalue weighted by atomic mass is 9.49. The van der Waals surface area contributed by atoms with Gasteiger partial charge in [-0.3, -0.25) is 19.2 Å². The van der Waals surface area contributed by atoms with E-state index in [0.717, 1.165) is 5.56 Å². The van der Waals surface area contributed by atoms with Gasteiger partial charge in [-0.1, -0.05) is 57.7 Å². The highest BCUT2D eigenvalue weighted by molar-refractivity contribution is 5.97. The monoisotopic (exact) mass is 606 g/mol. The molecule has 1 aromatic carbocycles. The fraction of sp³-hybridized carbons (Fsp3) is 0.514. The van der Waals surface area contributed by atoms with Crippen molar-refractivity contribution < 1.29 is 42.9 Å². The summed E-state index contributed by atoms with van der Waals surface area (Å²) in [6.45, 7) is 15.6. The number of fused-ring (bicyclic) bond motifs is 3. The molecule has 0 spiro atoms. The van der Waals surface area contributed by atoms with Crippen molar-refractivity contribution in [2.24, 2.45) is 22.7 Å². The van der Waals surface area contributed by atoms with Gasteiger partial charge in [0.1, 0.15) is 18.3 Å². The smallest absolute Gasteiger partial charge is 0.331 e. The molecule has 0 aliphatic heterocycles. The summed E-state index contributed by atoms with van der Waals surface area (Å²) in [7, 11) is 0. The summed E-state index contributed by atoms with van der Waals surface area (Å²) in [5.74, 6) is -3.76. The zero-order valence-corrected chi connectivity index (χ0v) is 26.5. The third-order valence-electron chi connectivity index (χ3n) is 9.61. The first kappa shape index (κ1) is 32.9. The minimum atomic E-state index is -1.08. The number of hydrogen-bond acceptors (Lipinski definition) is 9. The minimum Gasteiger partial charge on any atom is -0.462 e. The Morgan fingerprint density at radius 2 is 1.52 bits per heavy atom. The molecule has 0 saturated heterocycles. The van der Waals surface area contributed by atoms with Crippen LogP contribution in [0.3, 0.4) is 0 Å². The first-order chi connectivity index (χ1) is 20.6. The molecular weight excluding hydrogens is 564 g/mol. The van der Waals surface area contributed by atoms with E-state index in [4.69, 9.17) is 18.9 Å². The Morgan fingerprint density at radius 3 is 2.11 bits per heavy atom. The molecule has 9 heteroatoms. The van der Waals surface area contributed by atoms with Crippen molar-refractivity contribution >= 4 is 35.7 Å². The van der Waals surface area contributed by atoms with Crippen molar-refractivity contribution in [2.45, 2.75) is 92.1 Å². The van der Waals surface area contributed by atoms with Crippen LogP contribution in [-0.4, -0.2) is 54.1 Å². The van der Waals surface area contributed by atoms with E-state index in [-0.39, 0.29) is 12.2 Å². The standard InChI is InChI=1S/C35H42O9/c1-19-26(39)18-25-31(41-21(3)36)30-20(2)27(44-28(40)15-14-24-12-10-9-11-13-24)16-17-35(30,8)33(43-23(5)38)32(42-22(4)37)29(19)34(25,6)7/h9-15,25,27,30-33H,2,16-18H2,1,3-8H3/b15-14+/t25-,27-,30?,31+,32+,33-,35+/m0/s1. The topological polar surface area (TPSA) is 122 Å². The molecule has 2 bridgehead atoms. The summed E-state index contributed by atoms with van der Waals surface area (Å²) in [5, 5.41) is 0. The number of ketones is 1. The van der Waals surface area contributed by atoms with E-state index in [1.807, 2.05) is 51.1 Å².